The molecule has 0 unspecified atom stereocenters. The Morgan fingerprint density at radius 1 is 0.365 bits per heavy atom. The van der Waals surface area contributed by atoms with Crippen LogP contribution in [0.25, 0.3) is 0 Å². The van der Waals surface area contributed by atoms with Crippen LogP contribution in [-0.4, -0.2) is 6.71 Å². The molecule has 5 aromatic carbocycles. The third-order valence-electron chi connectivity index (χ3n) is 18.8. The number of nitrogens with zero attached hydrogens (tertiary/aromatic N) is 2. The maximum absolute atomic E-state index is 2.86. The Morgan fingerprint density at radius 3 is 1.14 bits per heavy atom. The molecule has 8 aliphatic carbocycles. The quantitative estimate of drug-likeness (QED) is 0.129. The van der Waals surface area contributed by atoms with Crippen LogP contribution in [0.15, 0.2) is 72.8 Å². The summed E-state index contributed by atoms with van der Waals surface area (Å²) in [4.78, 5) is 5.71. The van der Waals surface area contributed by atoms with Gasteiger partial charge in [0.25, 0.3) is 6.71 Å². The molecule has 5 aromatic rings. The highest BCUT2D eigenvalue weighted by Crippen LogP contribution is 2.62. The fourth-order valence-electron chi connectivity index (χ4n) is 16.2. The Hall–Kier alpha value is -4.24. The first-order chi connectivity index (χ1) is 31.1. The molecule has 320 valence electrons. The zero-order valence-electron chi connectivity index (χ0n) is 38.0. The van der Waals surface area contributed by atoms with Crippen molar-refractivity contribution in [2.24, 2.45) is 17.8 Å². The largest absolute Gasteiger partial charge is 0.311 e. The Balaban J connectivity index is 1.08. The average molecular weight is 827 g/mol. The Kier molecular flexibility index (Phi) is 9.01. The van der Waals surface area contributed by atoms with Crippen LogP contribution < -0.4 is 26.2 Å². The molecule has 15 rings (SSSR count). The summed E-state index contributed by atoms with van der Waals surface area (Å²) in [6.45, 7) is 0.224. The van der Waals surface area contributed by atoms with E-state index in [4.69, 9.17) is 0 Å². The lowest BCUT2D eigenvalue weighted by atomic mass is 9.33. The zero-order chi connectivity index (χ0) is 41.2. The summed E-state index contributed by atoms with van der Waals surface area (Å²) < 4.78 is 0. The number of rotatable bonds is 3. The van der Waals surface area contributed by atoms with Crippen LogP contribution in [0.2, 0.25) is 0 Å². The number of hydrogen-bond acceptors (Lipinski definition) is 2. The standard InChI is InChI=1S/C60H67BN2/c1-5-13-42-21-23-51(28-44(42)15-7-1)62-55-32-48-19-11-3-9-17-46(48)30-53(55)61-54-31-47-18-10-4-12-20-49(47)33-56(54)63(52-24-22-43-14-6-2-8-16-45(43)29-52)58-35-50(34-57(62)59(58)61)60-36-39-25-40(37-60)27-41(26-39)38-60/h21-24,28-35,39-41H,1-20,25-27,36-38H2. The van der Waals surface area contributed by atoms with E-state index in [1.54, 1.807) is 66.5 Å². The Morgan fingerprint density at radius 2 is 0.730 bits per heavy atom. The van der Waals surface area contributed by atoms with E-state index in [-0.39, 0.29) is 12.1 Å². The number of anilines is 6. The van der Waals surface area contributed by atoms with Crippen molar-refractivity contribution in [3.63, 3.8) is 0 Å². The van der Waals surface area contributed by atoms with Gasteiger partial charge in [0.1, 0.15) is 0 Å². The van der Waals surface area contributed by atoms with Gasteiger partial charge >= 0.3 is 0 Å². The maximum atomic E-state index is 2.86. The van der Waals surface area contributed by atoms with Crippen molar-refractivity contribution < 1.29 is 0 Å². The minimum absolute atomic E-state index is 0.224. The SMILES string of the molecule is c1cc2c(cc1N1c3cc4c(cc3B3c5cc6c(cc5N(c5ccc7c(c5)CCCCC7)c5cc(C78CC9CC(CC(C9)C7)C8)cc1c53)CCCCC6)CCCCC4)CCCCC2. The summed E-state index contributed by atoms with van der Waals surface area (Å²) in [6.07, 6.45) is 34.4. The van der Waals surface area contributed by atoms with Gasteiger partial charge in [0, 0.05) is 34.1 Å². The number of fused-ring (bicyclic) bond motifs is 8. The molecule has 0 aromatic heterocycles. The third-order valence-corrected chi connectivity index (χ3v) is 18.8. The average Bonchev–Trinajstić information content (AvgIpc) is 3.87. The lowest BCUT2D eigenvalue weighted by Crippen LogP contribution is -2.62. The summed E-state index contributed by atoms with van der Waals surface area (Å²) in [6, 6.07) is 32.2. The zero-order valence-corrected chi connectivity index (χ0v) is 38.0. The first-order valence-electron chi connectivity index (χ1n) is 26.5. The Labute approximate surface area is 378 Å². The highest BCUT2D eigenvalue weighted by Gasteiger charge is 2.53. The van der Waals surface area contributed by atoms with E-state index in [1.807, 2.05) is 0 Å². The van der Waals surface area contributed by atoms with Crippen molar-refractivity contribution in [2.45, 2.75) is 172 Å². The van der Waals surface area contributed by atoms with E-state index in [0.29, 0.717) is 0 Å². The molecule has 0 spiro atoms. The van der Waals surface area contributed by atoms with Crippen LogP contribution in [0.3, 0.4) is 0 Å². The Bertz CT molecular complexity index is 2480. The molecular weight excluding hydrogens is 759 g/mol. The van der Waals surface area contributed by atoms with Gasteiger partial charge in [-0.05, 0) is 279 Å². The molecule has 63 heavy (non-hydrogen) atoms. The van der Waals surface area contributed by atoms with Crippen molar-refractivity contribution in [1.29, 1.82) is 0 Å². The molecule has 2 heterocycles. The van der Waals surface area contributed by atoms with Crippen molar-refractivity contribution in [3.8, 4) is 0 Å². The van der Waals surface area contributed by atoms with Gasteiger partial charge in [-0.1, -0.05) is 49.9 Å². The third kappa shape index (κ3) is 6.16. The summed E-state index contributed by atoms with van der Waals surface area (Å²) in [5.74, 6) is 2.72. The maximum Gasteiger partial charge on any atom is 0.252 e. The molecule has 3 heteroatoms. The normalized spacial score (nSPS) is 26.5. The van der Waals surface area contributed by atoms with Gasteiger partial charge in [0.05, 0.1) is 0 Å². The van der Waals surface area contributed by atoms with Crippen LogP contribution in [0.4, 0.5) is 34.1 Å². The summed E-state index contributed by atoms with van der Waals surface area (Å²) >= 11 is 0. The molecule has 2 nitrogen and oxygen atoms in total. The molecule has 4 saturated carbocycles. The minimum Gasteiger partial charge on any atom is -0.311 e. The number of hydrogen-bond donors (Lipinski definition) is 0. The van der Waals surface area contributed by atoms with Crippen molar-refractivity contribution in [1.82, 2.24) is 0 Å². The van der Waals surface area contributed by atoms with E-state index in [9.17, 15) is 0 Å². The topological polar surface area (TPSA) is 6.48 Å². The highest BCUT2D eigenvalue weighted by molar-refractivity contribution is 7.00. The second-order valence-electron chi connectivity index (χ2n) is 22.7. The molecule has 0 amide bonds. The second-order valence-corrected chi connectivity index (χ2v) is 22.7. The van der Waals surface area contributed by atoms with Gasteiger partial charge in [0.15, 0.2) is 0 Å². The van der Waals surface area contributed by atoms with Gasteiger partial charge in [-0.25, -0.2) is 0 Å². The molecule has 0 atom stereocenters. The first kappa shape index (κ1) is 38.1. The van der Waals surface area contributed by atoms with E-state index in [1.165, 1.54) is 201 Å². The van der Waals surface area contributed by atoms with Crippen LogP contribution in [0.1, 0.15) is 166 Å². The van der Waals surface area contributed by atoms with Crippen molar-refractivity contribution in [2.75, 3.05) is 9.80 Å². The molecule has 4 bridgehead atoms. The van der Waals surface area contributed by atoms with Crippen LogP contribution in [0.5, 0.6) is 0 Å². The molecular formula is C60H67BN2. The van der Waals surface area contributed by atoms with E-state index in [2.05, 4.69) is 82.6 Å². The highest BCUT2D eigenvalue weighted by atomic mass is 15.2. The summed E-state index contributed by atoms with van der Waals surface area (Å²) in [5, 5.41) is 0. The van der Waals surface area contributed by atoms with E-state index >= 15 is 0 Å². The van der Waals surface area contributed by atoms with Crippen LogP contribution >= 0.6 is 0 Å². The van der Waals surface area contributed by atoms with Gasteiger partial charge < -0.3 is 9.80 Å². The van der Waals surface area contributed by atoms with E-state index < -0.39 is 0 Å². The van der Waals surface area contributed by atoms with Crippen LogP contribution in [-0.2, 0) is 56.8 Å². The monoisotopic (exact) mass is 827 g/mol. The van der Waals surface area contributed by atoms with Gasteiger partial charge in [-0.2, -0.15) is 0 Å². The lowest BCUT2D eigenvalue weighted by Gasteiger charge is -2.57. The predicted octanol–water partition coefficient (Wildman–Crippen LogP) is 13.3. The lowest BCUT2D eigenvalue weighted by molar-refractivity contribution is -0.00514. The fraction of sp³-hybridized carbons (Fsp3) is 0.500. The molecule has 0 saturated heterocycles. The predicted molar refractivity (Wildman–Crippen MR) is 265 cm³/mol. The summed E-state index contributed by atoms with van der Waals surface area (Å²) in [7, 11) is 0. The number of aryl methyl sites for hydroxylation is 8. The van der Waals surface area contributed by atoms with Crippen molar-refractivity contribution in [3.05, 3.63) is 123 Å². The number of benzene rings is 5. The minimum atomic E-state index is 0.224. The van der Waals surface area contributed by atoms with Crippen LogP contribution in [0, 0.1) is 17.8 Å². The molecule has 0 N–H and O–H groups in total. The second kappa shape index (κ2) is 14.9. The molecule has 10 aliphatic rings. The molecule has 4 fully saturated rings. The van der Waals surface area contributed by atoms with Gasteiger partial charge in [0.2, 0.25) is 0 Å². The molecule has 2 aliphatic heterocycles. The fourth-order valence-corrected chi connectivity index (χ4v) is 16.2. The van der Waals surface area contributed by atoms with Crippen molar-refractivity contribution >= 4 is 57.2 Å². The van der Waals surface area contributed by atoms with E-state index in [0.717, 1.165) is 17.8 Å². The van der Waals surface area contributed by atoms with Gasteiger partial charge in [-0.3, -0.25) is 0 Å². The smallest absolute Gasteiger partial charge is 0.252 e. The summed E-state index contributed by atoms with van der Waals surface area (Å²) in [5.41, 5.74) is 28.4. The molecule has 0 radical (unpaired) electrons. The van der Waals surface area contributed by atoms with Gasteiger partial charge in [-0.15, -0.1) is 0 Å². The first-order valence-corrected chi connectivity index (χ1v) is 26.5.